The summed E-state index contributed by atoms with van der Waals surface area (Å²) in [6.45, 7) is 13.2. The van der Waals surface area contributed by atoms with Crippen molar-refractivity contribution in [1.82, 2.24) is 0 Å². The van der Waals surface area contributed by atoms with Crippen LogP contribution in [0, 0.1) is 57.7 Å². The molecule has 0 radical (unpaired) electrons. The molecule has 2 heterocycles. The molecule has 274 valence electrons. The molecule has 0 spiro atoms. The minimum Gasteiger partial charge on any atom is -0.459 e. The zero-order valence-electron chi connectivity index (χ0n) is 29.7. The van der Waals surface area contributed by atoms with Gasteiger partial charge in [-0.3, -0.25) is 24.0 Å². The Labute approximate surface area is 289 Å². The van der Waals surface area contributed by atoms with Gasteiger partial charge in [-0.15, -0.1) is 0 Å². The minimum absolute atomic E-state index is 0.196. The summed E-state index contributed by atoms with van der Waals surface area (Å²) < 4.78 is 35.9. The highest BCUT2D eigenvalue weighted by Gasteiger charge is 2.83. The second-order valence-electron chi connectivity index (χ2n) is 16.5. The molecule has 6 fully saturated rings. The van der Waals surface area contributed by atoms with E-state index in [2.05, 4.69) is 0 Å². The molecule has 7 rings (SSSR count). The molecular formula is C36H46O14. The first-order valence-corrected chi connectivity index (χ1v) is 17.4. The van der Waals surface area contributed by atoms with E-state index in [4.69, 9.17) is 28.4 Å². The third-order valence-corrected chi connectivity index (χ3v) is 14.0. The second kappa shape index (κ2) is 10.8. The molecule has 0 aromatic rings. The first-order valence-electron chi connectivity index (χ1n) is 17.4. The Hall–Kier alpha value is -3.36. The molecule has 2 aliphatic heterocycles. The van der Waals surface area contributed by atoms with Crippen LogP contribution < -0.4 is 0 Å². The van der Waals surface area contributed by atoms with E-state index in [1.54, 1.807) is 26.8 Å². The van der Waals surface area contributed by atoms with E-state index in [9.17, 15) is 39.0 Å². The molecule has 0 amide bonds. The van der Waals surface area contributed by atoms with Gasteiger partial charge in [-0.1, -0.05) is 20.8 Å². The predicted molar refractivity (Wildman–Crippen MR) is 166 cm³/mol. The zero-order valence-corrected chi connectivity index (χ0v) is 29.7. The van der Waals surface area contributed by atoms with Gasteiger partial charge >= 0.3 is 29.8 Å². The molecule has 0 aromatic heterocycles. The highest BCUT2D eigenvalue weighted by molar-refractivity contribution is 5.90. The van der Waals surface area contributed by atoms with Crippen LogP contribution in [0.1, 0.15) is 68.7 Å². The normalized spacial score (nSPS) is 52.3. The van der Waals surface area contributed by atoms with Crippen LogP contribution in [0.3, 0.4) is 0 Å². The van der Waals surface area contributed by atoms with Crippen LogP contribution >= 0.6 is 0 Å². The lowest BCUT2D eigenvalue weighted by Crippen LogP contribution is -2.75. The molecule has 0 bridgehead atoms. The largest absolute Gasteiger partial charge is 0.459 e. The molecule has 14 heteroatoms. The number of carbonyl (C=O) groups is 6. The van der Waals surface area contributed by atoms with Crippen molar-refractivity contribution in [2.75, 3.05) is 0 Å². The standard InChI is InChI=1S/C36H46O14/c1-12-10-19-35(8,36(9,44)32(43)50-19)24-21(12)34(7)22(26(24)42)20-23(29(46-14(3)38)31(34)48-16(5)40)33(6)17(25(41)28(20)45-13(2)37)11-18-27(49-18)30(33)47-15(4)39/h10,12,17-18,20-24,26-31,42,44H,11H2,1-9H3/t12-,17-,18+,20+,21+,22-,23-,24+,26-,27+,28-,29+,30+,31+,33+,34-,35+,36-/m1/s1. The van der Waals surface area contributed by atoms with Crippen LogP contribution in [-0.4, -0.2) is 94.2 Å². The smallest absolute Gasteiger partial charge is 0.343 e. The van der Waals surface area contributed by atoms with Crippen LogP contribution in [0.25, 0.3) is 0 Å². The van der Waals surface area contributed by atoms with Gasteiger partial charge in [0.15, 0.2) is 17.5 Å². The summed E-state index contributed by atoms with van der Waals surface area (Å²) in [6, 6.07) is 0. The number of fused-ring (bicyclic) bond motifs is 10. The number of rotatable bonds is 4. The van der Waals surface area contributed by atoms with Crippen molar-refractivity contribution in [2.45, 2.75) is 117 Å². The summed E-state index contributed by atoms with van der Waals surface area (Å²) in [5.74, 6) is -9.97. The molecule has 7 aliphatic rings. The Bertz CT molecular complexity index is 1620. The van der Waals surface area contributed by atoms with Crippen LogP contribution in [0.2, 0.25) is 0 Å². The maximum absolute atomic E-state index is 14.8. The molecule has 2 saturated heterocycles. The van der Waals surface area contributed by atoms with E-state index in [1.165, 1.54) is 34.6 Å². The average Bonchev–Trinajstić information content (AvgIpc) is 3.68. The molecule has 0 aromatic carbocycles. The fourth-order valence-electron chi connectivity index (χ4n) is 12.2. The molecule has 14 nitrogen and oxygen atoms in total. The SMILES string of the molecule is CC(=O)O[C@H]1[C@H]2[C@H]([C@@H]3[C@@H](O)[C@@H]4[C@H]([C@H](C)C=C5OC(=O)[C@@](C)(O)[C@@]54C)[C@@]3(C)[C@H]1OC(C)=O)[C@@H](OC(C)=O)C(=O)[C@H]1C[C@@H]3O[C@@H]3[C@H](OC(C)=O)[C@]21C. The van der Waals surface area contributed by atoms with E-state index >= 15 is 0 Å². The Kier molecular flexibility index (Phi) is 7.59. The van der Waals surface area contributed by atoms with Gasteiger partial charge in [-0.25, -0.2) is 4.79 Å². The number of esters is 5. The fourth-order valence-corrected chi connectivity index (χ4v) is 12.2. The number of aliphatic hydroxyl groups is 2. The van der Waals surface area contributed by atoms with Gasteiger partial charge in [0.2, 0.25) is 0 Å². The van der Waals surface area contributed by atoms with Crippen LogP contribution in [0.5, 0.6) is 0 Å². The summed E-state index contributed by atoms with van der Waals surface area (Å²) in [7, 11) is 0. The van der Waals surface area contributed by atoms with Crippen LogP contribution in [0.4, 0.5) is 0 Å². The quantitative estimate of drug-likeness (QED) is 0.242. The second-order valence-corrected chi connectivity index (χ2v) is 16.5. The third-order valence-electron chi connectivity index (χ3n) is 14.0. The number of epoxide rings is 1. The summed E-state index contributed by atoms with van der Waals surface area (Å²) in [5.41, 5.74) is -6.22. The molecule has 18 atom stereocenters. The highest BCUT2D eigenvalue weighted by Crippen LogP contribution is 2.75. The molecule has 2 N–H and O–H groups in total. The third kappa shape index (κ3) is 4.24. The van der Waals surface area contributed by atoms with Gasteiger partial charge in [0.1, 0.15) is 30.2 Å². The van der Waals surface area contributed by atoms with Gasteiger partial charge in [0, 0.05) is 68.1 Å². The molecule has 0 unspecified atom stereocenters. The summed E-state index contributed by atoms with van der Waals surface area (Å²) in [5, 5.41) is 24.7. The van der Waals surface area contributed by atoms with Gasteiger partial charge < -0.3 is 38.6 Å². The summed E-state index contributed by atoms with van der Waals surface area (Å²) in [4.78, 5) is 79.7. The van der Waals surface area contributed by atoms with Gasteiger partial charge in [-0.05, 0) is 38.2 Å². The van der Waals surface area contributed by atoms with E-state index in [0.29, 0.717) is 0 Å². The lowest BCUT2D eigenvalue weighted by atomic mass is 9.41. The maximum Gasteiger partial charge on any atom is 0.343 e. The Morgan fingerprint density at radius 2 is 1.38 bits per heavy atom. The number of hydrogen-bond acceptors (Lipinski definition) is 14. The maximum atomic E-state index is 14.8. The van der Waals surface area contributed by atoms with E-state index in [0.717, 1.165) is 0 Å². The Morgan fingerprint density at radius 3 is 1.96 bits per heavy atom. The van der Waals surface area contributed by atoms with E-state index < -0.39 is 142 Å². The molecule has 50 heavy (non-hydrogen) atoms. The Balaban J connectivity index is 1.53. The zero-order chi connectivity index (χ0) is 36.8. The van der Waals surface area contributed by atoms with Gasteiger partial charge in [-0.2, -0.15) is 0 Å². The monoisotopic (exact) mass is 702 g/mol. The topological polar surface area (TPSA) is 202 Å². The van der Waals surface area contributed by atoms with E-state index in [-0.39, 0.29) is 12.2 Å². The number of ether oxygens (including phenoxy) is 6. The first-order chi connectivity index (χ1) is 23.1. The number of carbonyl (C=O) groups excluding carboxylic acids is 6. The number of aliphatic hydroxyl groups excluding tert-OH is 1. The lowest BCUT2D eigenvalue weighted by molar-refractivity contribution is -0.273. The van der Waals surface area contributed by atoms with Gasteiger partial charge in [0.05, 0.1) is 17.6 Å². The van der Waals surface area contributed by atoms with Crippen molar-refractivity contribution in [3.05, 3.63) is 11.8 Å². The van der Waals surface area contributed by atoms with E-state index in [1.807, 2.05) is 6.92 Å². The Morgan fingerprint density at radius 1 is 0.800 bits per heavy atom. The van der Waals surface area contributed by atoms with Crippen molar-refractivity contribution in [3.63, 3.8) is 0 Å². The fraction of sp³-hybridized carbons (Fsp3) is 0.778. The van der Waals surface area contributed by atoms with Crippen molar-refractivity contribution < 1.29 is 67.4 Å². The first kappa shape index (κ1) is 35.1. The lowest BCUT2D eigenvalue weighted by Gasteiger charge is -2.65. The molecule has 4 saturated carbocycles. The van der Waals surface area contributed by atoms with Crippen LogP contribution in [0.15, 0.2) is 11.8 Å². The number of ketones is 1. The number of hydrogen-bond donors (Lipinski definition) is 2. The van der Waals surface area contributed by atoms with Gasteiger partial charge in [0.25, 0.3) is 0 Å². The highest BCUT2D eigenvalue weighted by atomic mass is 16.6. The van der Waals surface area contributed by atoms with Crippen LogP contribution in [-0.2, 0) is 57.2 Å². The summed E-state index contributed by atoms with van der Waals surface area (Å²) >= 11 is 0. The predicted octanol–water partition coefficient (Wildman–Crippen LogP) is 1.41. The average molecular weight is 703 g/mol. The van der Waals surface area contributed by atoms with Crippen molar-refractivity contribution in [3.8, 4) is 0 Å². The molecule has 5 aliphatic carbocycles. The minimum atomic E-state index is -2.09. The van der Waals surface area contributed by atoms with Crippen molar-refractivity contribution in [1.29, 1.82) is 0 Å². The molecular weight excluding hydrogens is 656 g/mol. The number of allylic oxidation sites excluding steroid dienone is 1. The number of Topliss-reactive ketones (excluding diaryl/α,β-unsaturated/α-hetero) is 1. The van der Waals surface area contributed by atoms with Crippen molar-refractivity contribution >= 4 is 35.6 Å². The summed E-state index contributed by atoms with van der Waals surface area (Å²) in [6.07, 6.45) is -5.43. The van der Waals surface area contributed by atoms with Crippen molar-refractivity contribution in [2.24, 2.45) is 57.7 Å².